The topological polar surface area (TPSA) is 72.5 Å². The summed E-state index contributed by atoms with van der Waals surface area (Å²) in [5.41, 5.74) is 2.01. The van der Waals surface area contributed by atoms with E-state index < -0.39 is 21.5 Å². The summed E-state index contributed by atoms with van der Waals surface area (Å²) in [5, 5.41) is 2.89. The number of carbonyl (C=O) groups is 1. The van der Waals surface area contributed by atoms with Gasteiger partial charge in [-0.2, -0.15) is 0 Å². The number of nitrogens with one attached hydrogen (secondary N) is 1. The van der Waals surface area contributed by atoms with Crippen LogP contribution in [0.25, 0.3) is 0 Å². The molecule has 0 spiro atoms. The van der Waals surface area contributed by atoms with E-state index in [9.17, 15) is 13.2 Å². The lowest BCUT2D eigenvalue weighted by atomic mass is 9.74. The molecule has 1 amide bonds. The summed E-state index contributed by atoms with van der Waals surface area (Å²) in [6.07, 6.45) is 2.78. The van der Waals surface area contributed by atoms with Gasteiger partial charge in [0, 0.05) is 29.6 Å². The molecule has 7 heteroatoms. The molecule has 0 bridgehead atoms. The quantitative estimate of drug-likeness (QED) is 0.578. The number of sulfone groups is 1. The summed E-state index contributed by atoms with van der Waals surface area (Å²) < 4.78 is 31.3. The van der Waals surface area contributed by atoms with Crippen molar-refractivity contribution in [3.05, 3.63) is 70.2 Å². The molecule has 2 aromatic rings. The molecule has 0 radical (unpaired) electrons. The van der Waals surface area contributed by atoms with Crippen LogP contribution < -0.4 is 5.32 Å². The Morgan fingerprint density at radius 2 is 1.70 bits per heavy atom. The van der Waals surface area contributed by atoms with Gasteiger partial charge in [-0.3, -0.25) is 4.79 Å². The Labute approximate surface area is 187 Å². The van der Waals surface area contributed by atoms with Crippen molar-refractivity contribution < 1.29 is 17.9 Å². The molecule has 0 atom stereocenters. The Morgan fingerprint density at radius 1 is 1.03 bits per heavy atom. The Bertz CT molecular complexity index is 923. The van der Waals surface area contributed by atoms with E-state index in [0.717, 1.165) is 28.4 Å². The Kier molecular flexibility index (Phi) is 8.08. The van der Waals surface area contributed by atoms with Gasteiger partial charge in [-0.15, -0.1) is 0 Å². The predicted octanol–water partition coefficient (Wildman–Crippen LogP) is 3.66. The van der Waals surface area contributed by atoms with Crippen molar-refractivity contribution >= 4 is 31.7 Å². The molecule has 0 unspecified atom stereocenters. The Balaban J connectivity index is 1.54. The van der Waals surface area contributed by atoms with Crippen molar-refractivity contribution in [1.82, 2.24) is 5.32 Å². The molecule has 1 N–H and O–H groups in total. The number of ether oxygens (including phenoxy) is 1. The highest BCUT2D eigenvalue weighted by Crippen LogP contribution is 2.34. The second-order valence-corrected chi connectivity index (χ2v) is 11.0. The van der Waals surface area contributed by atoms with Crippen LogP contribution in [0, 0.1) is 0 Å². The summed E-state index contributed by atoms with van der Waals surface area (Å²) >= 11 is 3.46. The van der Waals surface area contributed by atoms with Gasteiger partial charge in [0.25, 0.3) is 0 Å². The van der Waals surface area contributed by atoms with Crippen molar-refractivity contribution in [1.29, 1.82) is 0 Å². The van der Waals surface area contributed by atoms with Crippen LogP contribution in [-0.4, -0.2) is 45.6 Å². The molecule has 2 aromatic carbocycles. The first-order valence-electron chi connectivity index (χ1n) is 10.2. The normalized spacial score (nSPS) is 16.2. The second kappa shape index (κ2) is 10.6. The molecule has 1 fully saturated rings. The first-order chi connectivity index (χ1) is 14.4. The fourth-order valence-corrected chi connectivity index (χ4v) is 5.36. The highest BCUT2D eigenvalue weighted by atomic mass is 79.9. The van der Waals surface area contributed by atoms with E-state index in [1.54, 1.807) is 0 Å². The molecule has 0 saturated carbocycles. The van der Waals surface area contributed by atoms with Crippen molar-refractivity contribution in [3.8, 4) is 0 Å². The SMILES string of the molecule is O=C(CS(=O)(=O)CCCc1ccccc1)NCC1(c2ccc(Br)cc2)CCOCC1. The van der Waals surface area contributed by atoms with Crippen LogP contribution in [0.2, 0.25) is 0 Å². The predicted molar refractivity (Wildman–Crippen MR) is 122 cm³/mol. The van der Waals surface area contributed by atoms with Gasteiger partial charge >= 0.3 is 0 Å². The van der Waals surface area contributed by atoms with E-state index in [1.165, 1.54) is 0 Å². The van der Waals surface area contributed by atoms with Crippen LogP contribution in [0.5, 0.6) is 0 Å². The van der Waals surface area contributed by atoms with Crippen LogP contribution in [0.1, 0.15) is 30.4 Å². The molecule has 162 valence electrons. The number of aryl methyl sites for hydroxylation is 1. The van der Waals surface area contributed by atoms with E-state index in [2.05, 4.69) is 33.4 Å². The van der Waals surface area contributed by atoms with Gasteiger partial charge in [-0.25, -0.2) is 8.42 Å². The Hall–Kier alpha value is -1.70. The minimum absolute atomic E-state index is 0.0149. The number of benzene rings is 2. The number of rotatable bonds is 9. The molecule has 0 aromatic heterocycles. The molecule has 1 heterocycles. The number of hydrogen-bond donors (Lipinski definition) is 1. The summed E-state index contributed by atoms with van der Waals surface area (Å²) in [6, 6.07) is 17.9. The molecule has 1 aliphatic rings. The first kappa shape index (κ1) is 23.0. The minimum atomic E-state index is -3.44. The van der Waals surface area contributed by atoms with E-state index in [-0.39, 0.29) is 11.2 Å². The third-order valence-electron chi connectivity index (χ3n) is 5.65. The first-order valence-corrected chi connectivity index (χ1v) is 12.8. The van der Waals surface area contributed by atoms with E-state index in [4.69, 9.17) is 4.74 Å². The fraction of sp³-hybridized carbons (Fsp3) is 0.435. The summed E-state index contributed by atoms with van der Waals surface area (Å²) in [4.78, 5) is 12.4. The van der Waals surface area contributed by atoms with Crippen LogP contribution >= 0.6 is 15.9 Å². The van der Waals surface area contributed by atoms with Crippen LogP contribution in [-0.2, 0) is 31.2 Å². The van der Waals surface area contributed by atoms with Gasteiger partial charge in [-0.1, -0.05) is 58.4 Å². The van der Waals surface area contributed by atoms with E-state index in [1.807, 2.05) is 42.5 Å². The zero-order valence-corrected chi connectivity index (χ0v) is 19.4. The molecule has 1 saturated heterocycles. The maximum Gasteiger partial charge on any atom is 0.235 e. The molecule has 1 aliphatic heterocycles. The van der Waals surface area contributed by atoms with Crippen LogP contribution in [0.4, 0.5) is 0 Å². The standard InChI is InChI=1S/C23H28BrNO4S/c24-21-10-8-20(9-11-21)23(12-14-29-15-13-23)18-25-22(26)17-30(27,28)16-4-7-19-5-2-1-3-6-19/h1-3,5-6,8-11H,4,7,12-18H2,(H,25,26). The van der Waals surface area contributed by atoms with Crippen LogP contribution in [0.15, 0.2) is 59.1 Å². The molecular weight excluding hydrogens is 466 g/mol. The smallest absolute Gasteiger partial charge is 0.235 e. The van der Waals surface area contributed by atoms with Crippen LogP contribution in [0.3, 0.4) is 0 Å². The van der Waals surface area contributed by atoms with E-state index in [0.29, 0.717) is 32.6 Å². The third-order valence-corrected chi connectivity index (χ3v) is 7.79. The number of hydrogen-bond acceptors (Lipinski definition) is 4. The molecule has 3 rings (SSSR count). The maximum absolute atomic E-state index is 12.4. The largest absolute Gasteiger partial charge is 0.381 e. The lowest BCUT2D eigenvalue weighted by Crippen LogP contribution is -2.46. The third kappa shape index (κ3) is 6.65. The van der Waals surface area contributed by atoms with E-state index >= 15 is 0 Å². The Morgan fingerprint density at radius 3 is 2.37 bits per heavy atom. The van der Waals surface area contributed by atoms with Gasteiger partial charge in [0.2, 0.25) is 5.91 Å². The number of carbonyl (C=O) groups excluding carboxylic acids is 1. The molecular formula is C23H28BrNO4S. The average Bonchev–Trinajstić information content (AvgIpc) is 2.74. The van der Waals surface area contributed by atoms with Gasteiger partial charge in [0.15, 0.2) is 9.84 Å². The van der Waals surface area contributed by atoms with Crippen molar-refractivity contribution in [2.24, 2.45) is 0 Å². The second-order valence-electron chi connectivity index (χ2n) is 7.86. The lowest BCUT2D eigenvalue weighted by Gasteiger charge is -2.38. The zero-order valence-electron chi connectivity index (χ0n) is 17.0. The summed E-state index contributed by atoms with van der Waals surface area (Å²) in [6.45, 7) is 1.67. The van der Waals surface area contributed by atoms with Crippen molar-refractivity contribution in [3.63, 3.8) is 0 Å². The highest BCUT2D eigenvalue weighted by molar-refractivity contribution is 9.10. The summed E-state index contributed by atoms with van der Waals surface area (Å²) in [5.74, 6) is -0.881. The molecule has 0 aliphatic carbocycles. The lowest BCUT2D eigenvalue weighted by molar-refractivity contribution is -0.119. The van der Waals surface area contributed by atoms with Crippen molar-refractivity contribution in [2.75, 3.05) is 31.3 Å². The maximum atomic E-state index is 12.4. The highest BCUT2D eigenvalue weighted by Gasteiger charge is 2.35. The van der Waals surface area contributed by atoms with Gasteiger partial charge < -0.3 is 10.1 Å². The minimum Gasteiger partial charge on any atom is -0.381 e. The number of amides is 1. The average molecular weight is 494 g/mol. The molecule has 5 nitrogen and oxygen atoms in total. The monoisotopic (exact) mass is 493 g/mol. The van der Waals surface area contributed by atoms with Gasteiger partial charge in [0.05, 0.1) is 5.75 Å². The van der Waals surface area contributed by atoms with Gasteiger partial charge in [0.1, 0.15) is 5.75 Å². The summed E-state index contributed by atoms with van der Waals surface area (Å²) in [7, 11) is -3.44. The zero-order chi connectivity index (χ0) is 21.5. The molecule has 30 heavy (non-hydrogen) atoms. The number of halogens is 1. The fourth-order valence-electron chi connectivity index (χ4n) is 3.86. The van der Waals surface area contributed by atoms with Crippen molar-refractivity contribution in [2.45, 2.75) is 31.1 Å². The van der Waals surface area contributed by atoms with Gasteiger partial charge in [-0.05, 0) is 48.9 Å².